The number of thioether (sulfide) groups is 2. The molecule has 0 heterocycles. The van der Waals surface area contributed by atoms with E-state index in [1.54, 1.807) is 22.4 Å². The minimum Gasteiger partial charge on any atom is -0.390 e. The van der Waals surface area contributed by atoms with Crippen molar-refractivity contribution in [1.29, 1.82) is 0 Å². The number of hydrazone groups is 2. The summed E-state index contributed by atoms with van der Waals surface area (Å²) in [6.45, 7) is 0.457. The zero-order valence-corrected chi connectivity index (χ0v) is 41.6. The normalized spacial score (nSPS) is 13.1. The summed E-state index contributed by atoms with van der Waals surface area (Å²) in [5.74, 6) is 1.13. The Hall–Kier alpha value is -7.16. The van der Waals surface area contributed by atoms with Gasteiger partial charge in [-0.15, -0.1) is 0 Å². The Morgan fingerprint density at radius 2 is 0.569 bits per heavy atom. The predicted octanol–water partition coefficient (Wildman–Crippen LogP) is 11.9. The maximum atomic E-state index is 11.2. The molecule has 4 atom stereocenters. The first-order valence-electron chi connectivity index (χ1n) is 24.0. The second-order valence-corrected chi connectivity index (χ2v) is 19.2. The Morgan fingerprint density at radius 3 is 0.847 bits per heavy atom. The van der Waals surface area contributed by atoms with Gasteiger partial charge in [0.05, 0.1) is 61.3 Å². The molecular weight excluding hydrogens is 933 g/mol. The van der Waals surface area contributed by atoms with Crippen molar-refractivity contribution >= 4 is 81.5 Å². The Morgan fingerprint density at radius 1 is 0.319 bits per heavy atom. The average Bonchev–Trinajstić information content (AvgIpc) is 3.43. The Bertz CT molecular complexity index is 2560. The van der Waals surface area contributed by atoms with Gasteiger partial charge in [-0.05, 0) is 108 Å². The first-order chi connectivity index (χ1) is 35.4. The first-order valence-corrected chi connectivity index (χ1v) is 26.3. The molecule has 4 N–H and O–H groups in total. The van der Waals surface area contributed by atoms with Gasteiger partial charge in [-0.3, -0.25) is 10.0 Å². The smallest absolute Gasteiger partial charge is 0.0897 e. The van der Waals surface area contributed by atoms with Crippen LogP contribution < -0.4 is 19.8 Å². The van der Waals surface area contributed by atoms with Crippen molar-refractivity contribution in [2.75, 3.05) is 55.9 Å². The second kappa shape index (κ2) is 26.9. The van der Waals surface area contributed by atoms with E-state index < -0.39 is 24.4 Å². The number of nitrogens with zero attached hydrogens (tertiary/aromatic N) is 6. The fourth-order valence-electron chi connectivity index (χ4n) is 7.91. The SMILES string of the molecule is OC(CSCC(O)C(O)CSCC(O)CN(/N=C/c1ccc(N(c2ccccc2)c2ccccc2)cc1)c1ccccc1)CN(/N=C/c1ccc(N(c2ccccc2)c2ccccc2)cc1)c1ccccc1. The lowest BCUT2D eigenvalue weighted by Gasteiger charge is -2.25. The number of hydrogen-bond donors (Lipinski definition) is 4. The Kier molecular flexibility index (Phi) is 19.1. The van der Waals surface area contributed by atoms with Crippen LogP contribution in [0.5, 0.6) is 0 Å². The van der Waals surface area contributed by atoms with Crippen LogP contribution in [0.1, 0.15) is 11.1 Å². The Balaban J connectivity index is 0.803. The third kappa shape index (κ3) is 14.9. The second-order valence-electron chi connectivity index (χ2n) is 17.0. The summed E-state index contributed by atoms with van der Waals surface area (Å²) in [6.07, 6.45) is 0.0183. The van der Waals surface area contributed by atoms with Crippen molar-refractivity contribution in [2.45, 2.75) is 24.4 Å². The maximum Gasteiger partial charge on any atom is 0.0897 e. The molecule has 8 rings (SSSR count). The van der Waals surface area contributed by atoms with E-state index in [0.29, 0.717) is 11.5 Å². The van der Waals surface area contributed by atoms with E-state index in [4.69, 9.17) is 10.2 Å². The zero-order valence-electron chi connectivity index (χ0n) is 39.9. The fourth-order valence-corrected chi connectivity index (χ4v) is 9.86. The summed E-state index contributed by atoms with van der Waals surface area (Å²) < 4.78 is 0. The molecule has 0 radical (unpaired) electrons. The van der Waals surface area contributed by atoms with E-state index in [2.05, 4.69) is 82.6 Å². The maximum absolute atomic E-state index is 11.2. The van der Waals surface area contributed by atoms with Gasteiger partial charge < -0.3 is 30.2 Å². The first kappa shape index (κ1) is 51.2. The predicted molar refractivity (Wildman–Crippen MR) is 304 cm³/mol. The van der Waals surface area contributed by atoms with Gasteiger partial charge in [0.1, 0.15) is 0 Å². The van der Waals surface area contributed by atoms with Crippen LogP contribution in [0.2, 0.25) is 0 Å². The van der Waals surface area contributed by atoms with Crippen LogP contribution in [0.15, 0.2) is 241 Å². The van der Waals surface area contributed by atoms with Crippen LogP contribution in [0.3, 0.4) is 0 Å². The van der Waals surface area contributed by atoms with Crippen molar-refractivity contribution in [3.8, 4) is 0 Å². The van der Waals surface area contributed by atoms with Gasteiger partial charge in [0, 0.05) is 57.1 Å². The molecule has 0 bridgehead atoms. The molecule has 0 aromatic heterocycles. The lowest BCUT2D eigenvalue weighted by atomic mass is 10.1. The molecule has 0 spiro atoms. The number of para-hydroxylation sites is 6. The lowest BCUT2D eigenvalue weighted by molar-refractivity contribution is 0.0498. The van der Waals surface area contributed by atoms with Gasteiger partial charge in [0.2, 0.25) is 0 Å². The van der Waals surface area contributed by atoms with E-state index in [0.717, 1.165) is 56.6 Å². The largest absolute Gasteiger partial charge is 0.390 e. The highest BCUT2D eigenvalue weighted by atomic mass is 32.2. The third-order valence-electron chi connectivity index (χ3n) is 11.6. The molecular formula is C60H60N6O4S2. The van der Waals surface area contributed by atoms with E-state index in [1.807, 2.05) is 158 Å². The number of rotatable bonds is 25. The highest BCUT2D eigenvalue weighted by Gasteiger charge is 2.20. The standard InChI is InChI=1S/C60H60N6O4S2/c67-57(41-63(49-19-7-1-8-20-49)61-39-47-31-35-55(36-32-47)65(51-23-11-3-12-24-51)52-25-13-4-14-26-52)43-71-45-59(69)60(70)46-72-44-58(68)42-64(50-21-9-2-10-22-50)62-40-48-33-37-56(38-34-48)66(53-27-15-5-16-28-53)54-29-17-6-18-30-54/h1-40,57-60,67-70H,41-46H2/b61-39+,62-40+. The Labute approximate surface area is 431 Å². The molecule has 0 aliphatic rings. The summed E-state index contributed by atoms with van der Waals surface area (Å²) >= 11 is 2.74. The van der Waals surface area contributed by atoms with Gasteiger partial charge in [-0.1, -0.05) is 133 Å². The number of aliphatic hydroxyl groups is 4. The topological polar surface area (TPSA) is 119 Å². The molecule has 0 aliphatic heterocycles. The molecule has 0 fully saturated rings. The summed E-state index contributed by atoms with van der Waals surface area (Å²) in [5, 5.41) is 57.3. The van der Waals surface area contributed by atoms with Crippen LogP contribution in [0.25, 0.3) is 0 Å². The summed E-state index contributed by atoms with van der Waals surface area (Å²) in [6, 6.07) is 76.9. The molecule has 0 amide bonds. The highest BCUT2D eigenvalue weighted by Crippen LogP contribution is 2.35. The molecule has 366 valence electrons. The highest BCUT2D eigenvalue weighted by molar-refractivity contribution is 7.99. The zero-order chi connectivity index (χ0) is 49.7. The molecule has 0 aliphatic carbocycles. The molecule has 0 saturated carbocycles. The molecule has 10 nitrogen and oxygen atoms in total. The van der Waals surface area contributed by atoms with E-state index in [-0.39, 0.29) is 24.6 Å². The van der Waals surface area contributed by atoms with Crippen LogP contribution in [0, 0.1) is 0 Å². The molecule has 4 unspecified atom stereocenters. The number of aliphatic hydroxyl groups excluding tert-OH is 4. The quantitative estimate of drug-likeness (QED) is 0.0326. The van der Waals surface area contributed by atoms with Crippen LogP contribution >= 0.6 is 23.5 Å². The van der Waals surface area contributed by atoms with E-state index in [9.17, 15) is 20.4 Å². The third-order valence-corrected chi connectivity index (χ3v) is 14.0. The van der Waals surface area contributed by atoms with Gasteiger partial charge in [-0.2, -0.15) is 33.7 Å². The molecule has 8 aromatic rings. The van der Waals surface area contributed by atoms with Gasteiger partial charge >= 0.3 is 0 Å². The van der Waals surface area contributed by atoms with E-state index >= 15 is 0 Å². The minimum atomic E-state index is -1.01. The molecule has 8 aromatic carbocycles. The van der Waals surface area contributed by atoms with Crippen LogP contribution in [0.4, 0.5) is 45.5 Å². The molecule has 12 heteroatoms. The van der Waals surface area contributed by atoms with Gasteiger partial charge in [0.15, 0.2) is 0 Å². The molecule has 72 heavy (non-hydrogen) atoms. The van der Waals surface area contributed by atoms with Crippen molar-refractivity contribution in [3.05, 3.63) is 242 Å². The molecule has 0 saturated heterocycles. The van der Waals surface area contributed by atoms with Gasteiger partial charge in [0.25, 0.3) is 0 Å². The lowest BCUT2D eigenvalue weighted by Crippen LogP contribution is -2.34. The van der Waals surface area contributed by atoms with E-state index in [1.165, 1.54) is 23.5 Å². The number of hydrogen-bond acceptors (Lipinski definition) is 12. The average molecular weight is 993 g/mol. The number of benzene rings is 8. The van der Waals surface area contributed by atoms with Crippen molar-refractivity contribution < 1.29 is 20.4 Å². The fraction of sp³-hybridized carbons (Fsp3) is 0.167. The van der Waals surface area contributed by atoms with Crippen LogP contribution in [-0.2, 0) is 0 Å². The summed E-state index contributed by atoms with van der Waals surface area (Å²) in [7, 11) is 0. The van der Waals surface area contributed by atoms with Crippen molar-refractivity contribution in [2.24, 2.45) is 10.2 Å². The summed E-state index contributed by atoms with van der Waals surface area (Å²) in [5.41, 5.74) is 9.74. The van der Waals surface area contributed by atoms with Crippen molar-refractivity contribution in [1.82, 2.24) is 0 Å². The monoisotopic (exact) mass is 992 g/mol. The van der Waals surface area contributed by atoms with Gasteiger partial charge in [-0.25, -0.2) is 0 Å². The van der Waals surface area contributed by atoms with Crippen LogP contribution in [-0.4, -0.2) is 93.4 Å². The van der Waals surface area contributed by atoms with Crippen molar-refractivity contribution in [3.63, 3.8) is 0 Å². The summed E-state index contributed by atoms with van der Waals surface area (Å²) in [4.78, 5) is 4.41. The minimum absolute atomic E-state index is 0.229. The number of anilines is 8.